The summed E-state index contributed by atoms with van der Waals surface area (Å²) >= 11 is 0. The molecule has 0 atom stereocenters. The molecule has 1 N–H and O–H groups in total. The van der Waals surface area contributed by atoms with Gasteiger partial charge in [-0.3, -0.25) is 4.79 Å². The third-order valence-corrected chi connectivity index (χ3v) is 3.65. The maximum Gasteiger partial charge on any atom is 0.271 e. The van der Waals surface area contributed by atoms with Crippen LogP contribution in [0.15, 0.2) is 41.6 Å². The summed E-state index contributed by atoms with van der Waals surface area (Å²) in [7, 11) is 3.09. The van der Waals surface area contributed by atoms with Crippen LogP contribution in [0.3, 0.4) is 0 Å². The van der Waals surface area contributed by atoms with Gasteiger partial charge in [0.2, 0.25) is 0 Å². The molecule has 22 heavy (non-hydrogen) atoms. The topological polar surface area (TPSA) is 64.8 Å². The molecule has 1 aromatic carbocycles. The first-order valence-corrected chi connectivity index (χ1v) is 6.97. The van der Waals surface area contributed by atoms with Crippen molar-refractivity contribution in [3.05, 3.63) is 47.8 Å². The van der Waals surface area contributed by atoms with Gasteiger partial charge in [0.05, 0.1) is 25.6 Å². The highest BCUT2D eigenvalue weighted by Crippen LogP contribution is 2.27. The summed E-state index contributed by atoms with van der Waals surface area (Å²) in [6.07, 6.45) is 2.83. The lowest BCUT2D eigenvalue weighted by Gasteiger charge is -2.08. The minimum atomic E-state index is -0.279. The average Bonchev–Trinajstić information content (AvgIpc) is 3.15. The van der Waals surface area contributed by atoms with E-state index in [1.807, 2.05) is 18.3 Å². The smallest absolute Gasteiger partial charge is 0.271 e. The number of amides is 1. The maximum atomic E-state index is 12.2. The van der Waals surface area contributed by atoms with Crippen LogP contribution in [0.2, 0.25) is 0 Å². The quantitative estimate of drug-likeness (QED) is 0.879. The fourth-order valence-corrected chi connectivity index (χ4v) is 2.50. The van der Waals surface area contributed by atoms with Gasteiger partial charge in [0.1, 0.15) is 0 Å². The van der Waals surface area contributed by atoms with Gasteiger partial charge in [0.25, 0.3) is 5.91 Å². The van der Waals surface area contributed by atoms with Crippen molar-refractivity contribution >= 4 is 11.6 Å². The summed E-state index contributed by atoms with van der Waals surface area (Å²) in [5.41, 5.74) is 5.00. The number of hydrazone groups is 1. The highest BCUT2D eigenvalue weighted by molar-refractivity contribution is 6.02. The van der Waals surface area contributed by atoms with Gasteiger partial charge in [-0.05, 0) is 30.3 Å². The van der Waals surface area contributed by atoms with Gasteiger partial charge >= 0.3 is 0 Å². The number of carbonyl (C=O) groups is 1. The molecule has 3 rings (SSSR count). The van der Waals surface area contributed by atoms with Crippen LogP contribution in [0.1, 0.15) is 22.5 Å². The average molecular weight is 299 g/mol. The molecule has 0 fully saturated rings. The van der Waals surface area contributed by atoms with E-state index < -0.39 is 0 Å². The van der Waals surface area contributed by atoms with E-state index in [1.54, 1.807) is 25.3 Å². The van der Waals surface area contributed by atoms with Gasteiger partial charge < -0.3 is 14.0 Å². The number of carbonyl (C=O) groups excluding carboxylic acids is 1. The van der Waals surface area contributed by atoms with Gasteiger partial charge in [-0.25, -0.2) is 5.43 Å². The van der Waals surface area contributed by atoms with Gasteiger partial charge in [0, 0.05) is 24.7 Å². The van der Waals surface area contributed by atoms with E-state index >= 15 is 0 Å². The Labute approximate surface area is 128 Å². The van der Waals surface area contributed by atoms with Crippen molar-refractivity contribution in [1.29, 1.82) is 0 Å². The van der Waals surface area contributed by atoms with Crippen LogP contribution in [0.5, 0.6) is 11.5 Å². The second-order valence-electron chi connectivity index (χ2n) is 4.91. The molecule has 0 spiro atoms. The Morgan fingerprint density at radius 1 is 1.23 bits per heavy atom. The summed E-state index contributed by atoms with van der Waals surface area (Å²) in [5.74, 6) is 0.815. The zero-order chi connectivity index (χ0) is 15.5. The predicted molar refractivity (Wildman–Crippen MR) is 82.6 cm³/mol. The van der Waals surface area contributed by atoms with E-state index in [2.05, 4.69) is 15.1 Å². The molecular weight excluding hydrogens is 282 g/mol. The summed E-state index contributed by atoms with van der Waals surface area (Å²) < 4.78 is 12.5. The number of hydrogen-bond acceptors (Lipinski definition) is 4. The number of benzene rings is 1. The monoisotopic (exact) mass is 299 g/mol. The van der Waals surface area contributed by atoms with E-state index in [-0.39, 0.29) is 5.91 Å². The predicted octanol–water partition coefficient (Wildman–Crippen LogP) is 2.04. The summed E-state index contributed by atoms with van der Waals surface area (Å²) in [5, 5.41) is 4.24. The normalized spacial score (nSPS) is 14.7. The standard InChI is InChI=1S/C16H17N3O3/c1-21-14-6-5-11(10-15(14)22-2)16(20)18-17-12-7-9-19-8-3-4-13(12)19/h3-6,8,10H,7,9H2,1-2H3,(H,18,20)/b17-12-. The Balaban J connectivity index is 1.76. The van der Waals surface area contributed by atoms with Gasteiger partial charge in [-0.1, -0.05) is 0 Å². The highest BCUT2D eigenvalue weighted by atomic mass is 16.5. The number of fused-ring (bicyclic) bond motifs is 1. The molecule has 2 aromatic rings. The molecule has 0 saturated heterocycles. The van der Waals surface area contributed by atoms with Gasteiger partial charge in [-0.2, -0.15) is 5.10 Å². The van der Waals surface area contributed by atoms with Crippen LogP contribution in [0, 0.1) is 0 Å². The zero-order valence-electron chi connectivity index (χ0n) is 12.5. The van der Waals surface area contributed by atoms with Crippen LogP contribution in [0.25, 0.3) is 0 Å². The van der Waals surface area contributed by atoms with Crippen LogP contribution in [-0.4, -0.2) is 30.4 Å². The number of aromatic nitrogens is 1. The third kappa shape index (κ3) is 2.55. The number of rotatable bonds is 4. The minimum absolute atomic E-state index is 0.279. The van der Waals surface area contributed by atoms with Crippen LogP contribution in [0.4, 0.5) is 0 Å². The molecule has 0 bridgehead atoms. The van der Waals surface area contributed by atoms with E-state index in [9.17, 15) is 4.79 Å². The molecule has 1 aliphatic rings. The second-order valence-corrected chi connectivity index (χ2v) is 4.91. The molecular formula is C16H17N3O3. The van der Waals surface area contributed by atoms with E-state index in [1.165, 1.54) is 7.11 Å². The number of methoxy groups -OCH3 is 2. The molecule has 0 saturated carbocycles. The van der Waals surface area contributed by atoms with Crippen molar-refractivity contribution in [2.45, 2.75) is 13.0 Å². The van der Waals surface area contributed by atoms with Crippen LogP contribution < -0.4 is 14.9 Å². The molecule has 0 unspecified atom stereocenters. The Morgan fingerprint density at radius 3 is 2.82 bits per heavy atom. The number of nitrogens with one attached hydrogen (secondary N) is 1. The van der Waals surface area contributed by atoms with E-state index in [0.29, 0.717) is 17.1 Å². The molecule has 1 aromatic heterocycles. The fourth-order valence-electron chi connectivity index (χ4n) is 2.50. The van der Waals surface area contributed by atoms with Crippen molar-refractivity contribution in [3.63, 3.8) is 0 Å². The Kier molecular flexibility index (Phi) is 3.82. The zero-order valence-corrected chi connectivity index (χ0v) is 12.5. The molecule has 0 aliphatic carbocycles. The lowest BCUT2D eigenvalue weighted by Crippen LogP contribution is -2.19. The molecule has 0 radical (unpaired) electrons. The van der Waals surface area contributed by atoms with Crippen molar-refractivity contribution in [3.8, 4) is 11.5 Å². The Morgan fingerprint density at radius 2 is 2.05 bits per heavy atom. The van der Waals surface area contributed by atoms with E-state index in [0.717, 1.165) is 24.4 Å². The first kappa shape index (κ1) is 14.2. The molecule has 2 heterocycles. The molecule has 1 amide bonds. The third-order valence-electron chi connectivity index (χ3n) is 3.65. The van der Waals surface area contributed by atoms with Crippen molar-refractivity contribution < 1.29 is 14.3 Å². The Hall–Kier alpha value is -2.76. The lowest BCUT2D eigenvalue weighted by atomic mass is 10.2. The van der Waals surface area contributed by atoms with E-state index in [4.69, 9.17) is 9.47 Å². The second kappa shape index (κ2) is 5.93. The summed E-state index contributed by atoms with van der Waals surface area (Å²) in [4.78, 5) is 12.2. The lowest BCUT2D eigenvalue weighted by molar-refractivity contribution is 0.0954. The maximum absolute atomic E-state index is 12.2. The van der Waals surface area contributed by atoms with Crippen LogP contribution in [-0.2, 0) is 6.54 Å². The summed E-state index contributed by atoms with van der Waals surface area (Å²) in [6.45, 7) is 0.896. The molecule has 114 valence electrons. The molecule has 6 heteroatoms. The number of hydrogen-bond donors (Lipinski definition) is 1. The van der Waals surface area contributed by atoms with Crippen molar-refractivity contribution in [2.24, 2.45) is 5.10 Å². The fraction of sp³-hybridized carbons (Fsp3) is 0.250. The molecule has 6 nitrogen and oxygen atoms in total. The number of aryl methyl sites for hydroxylation is 1. The van der Waals surface area contributed by atoms with Crippen molar-refractivity contribution in [1.82, 2.24) is 9.99 Å². The first-order chi connectivity index (χ1) is 10.7. The largest absolute Gasteiger partial charge is 0.493 e. The molecule has 1 aliphatic heterocycles. The first-order valence-electron chi connectivity index (χ1n) is 6.97. The van der Waals surface area contributed by atoms with Gasteiger partial charge in [-0.15, -0.1) is 0 Å². The number of ether oxygens (including phenoxy) is 2. The highest BCUT2D eigenvalue weighted by Gasteiger charge is 2.17. The van der Waals surface area contributed by atoms with Gasteiger partial charge in [0.15, 0.2) is 11.5 Å². The SMILES string of the molecule is COc1ccc(C(=O)N/N=C2/CCn3cccc32)cc1OC. The number of nitrogens with zero attached hydrogens (tertiary/aromatic N) is 2. The minimum Gasteiger partial charge on any atom is -0.493 e. The Bertz CT molecular complexity index is 734. The summed E-state index contributed by atoms with van der Waals surface area (Å²) in [6, 6.07) is 8.97. The van der Waals surface area contributed by atoms with Crippen molar-refractivity contribution in [2.75, 3.05) is 14.2 Å². The van der Waals surface area contributed by atoms with Crippen LogP contribution >= 0.6 is 0 Å².